The Balaban J connectivity index is 1.92. The number of carbonyl (C=O) groups excluding carboxylic acids is 2. The zero-order valence-electron chi connectivity index (χ0n) is 14.1. The van der Waals surface area contributed by atoms with Gasteiger partial charge in [-0.1, -0.05) is 52.3 Å². The summed E-state index contributed by atoms with van der Waals surface area (Å²) < 4.78 is 0.812. The number of carbonyl (C=O) groups is 2. The Morgan fingerprint density at radius 3 is 2.50 bits per heavy atom. The molecule has 3 N–H and O–H groups in total. The van der Waals surface area contributed by atoms with Gasteiger partial charge in [0.15, 0.2) is 0 Å². The number of primary amides is 1. The molecule has 2 aromatic carbocycles. The monoisotopic (exact) mass is 428 g/mol. The van der Waals surface area contributed by atoms with E-state index in [0.717, 1.165) is 20.5 Å². The molecular formula is C20H17BrN2O2S. The van der Waals surface area contributed by atoms with Gasteiger partial charge in [0.25, 0.3) is 11.8 Å². The average molecular weight is 429 g/mol. The smallest absolute Gasteiger partial charge is 0.256 e. The molecule has 26 heavy (non-hydrogen) atoms. The highest BCUT2D eigenvalue weighted by atomic mass is 79.9. The zero-order valence-corrected chi connectivity index (χ0v) is 16.5. The fraction of sp³-hybridized carbons (Fsp3) is 0.100. The van der Waals surface area contributed by atoms with Gasteiger partial charge >= 0.3 is 0 Å². The average Bonchev–Trinajstić information content (AvgIpc) is 2.91. The summed E-state index contributed by atoms with van der Waals surface area (Å²) in [6.45, 7) is 1.86. The van der Waals surface area contributed by atoms with Gasteiger partial charge < -0.3 is 11.1 Å². The number of halogens is 1. The van der Waals surface area contributed by atoms with Gasteiger partial charge in [-0.3, -0.25) is 9.59 Å². The third-order valence-corrected chi connectivity index (χ3v) is 5.71. The molecule has 0 aliphatic rings. The minimum Gasteiger partial charge on any atom is -0.365 e. The third kappa shape index (κ3) is 4.03. The molecule has 4 nitrogen and oxygen atoms in total. The van der Waals surface area contributed by atoms with Gasteiger partial charge in [0.05, 0.1) is 5.56 Å². The Labute approximate surface area is 164 Å². The van der Waals surface area contributed by atoms with E-state index in [9.17, 15) is 9.59 Å². The van der Waals surface area contributed by atoms with Crippen LogP contribution in [0.2, 0.25) is 0 Å². The van der Waals surface area contributed by atoms with Crippen molar-refractivity contribution in [2.75, 3.05) is 5.32 Å². The number of hydrogen-bond acceptors (Lipinski definition) is 3. The molecule has 0 unspecified atom stereocenters. The summed E-state index contributed by atoms with van der Waals surface area (Å²) in [5.74, 6) is -0.816. The van der Waals surface area contributed by atoms with Gasteiger partial charge in [0.1, 0.15) is 5.00 Å². The maximum Gasteiger partial charge on any atom is 0.256 e. The SMILES string of the molecule is Cc1c(Cc2ccccc2)sc(NC(=O)c2cccc(Br)c2)c1C(N)=O. The van der Waals surface area contributed by atoms with Crippen LogP contribution in [-0.4, -0.2) is 11.8 Å². The lowest BCUT2D eigenvalue weighted by molar-refractivity contribution is 0.100. The van der Waals surface area contributed by atoms with Crippen molar-refractivity contribution >= 4 is 44.1 Å². The van der Waals surface area contributed by atoms with Crippen molar-refractivity contribution in [3.8, 4) is 0 Å². The van der Waals surface area contributed by atoms with Crippen molar-refractivity contribution in [2.45, 2.75) is 13.3 Å². The number of rotatable bonds is 5. The van der Waals surface area contributed by atoms with Crippen molar-refractivity contribution in [2.24, 2.45) is 5.73 Å². The summed E-state index contributed by atoms with van der Waals surface area (Å²) in [7, 11) is 0. The van der Waals surface area contributed by atoms with Gasteiger partial charge in [0, 0.05) is 21.3 Å². The van der Waals surface area contributed by atoms with E-state index < -0.39 is 5.91 Å². The number of anilines is 1. The molecular weight excluding hydrogens is 412 g/mol. The van der Waals surface area contributed by atoms with Crippen LogP contribution in [-0.2, 0) is 6.42 Å². The summed E-state index contributed by atoms with van der Waals surface area (Å²) in [5.41, 5.74) is 8.41. The van der Waals surface area contributed by atoms with Crippen LogP contribution in [0.25, 0.3) is 0 Å². The second kappa shape index (κ2) is 7.85. The highest BCUT2D eigenvalue weighted by Crippen LogP contribution is 2.34. The fourth-order valence-electron chi connectivity index (χ4n) is 2.70. The van der Waals surface area contributed by atoms with Crippen LogP contribution in [0.5, 0.6) is 0 Å². The van der Waals surface area contributed by atoms with Crippen LogP contribution in [0.3, 0.4) is 0 Å². The van der Waals surface area contributed by atoms with E-state index in [1.54, 1.807) is 18.2 Å². The molecule has 3 rings (SSSR count). The molecule has 1 heterocycles. The molecule has 0 bridgehead atoms. The molecule has 0 saturated carbocycles. The molecule has 0 radical (unpaired) electrons. The summed E-state index contributed by atoms with van der Waals surface area (Å²) in [5, 5.41) is 3.33. The number of benzene rings is 2. The van der Waals surface area contributed by atoms with E-state index in [-0.39, 0.29) is 5.91 Å². The molecule has 0 aliphatic heterocycles. The largest absolute Gasteiger partial charge is 0.365 e. The number of nitrogens with one attached hydrogen (secondary N) is 1. The number of hydrogen-bond donors (Lipinski definition) is 2. The predicted molar refractivity (Wildman–Crippen MR) is 109 cm³/mol. The topological polar surface area (TPSA) is 72.2 Å². The second-order valence-electron chi connectivity index (χ2n) is 5.85. The third-order valence-electron chi connectivity index (χ3n) is 4.01. The van der Waals surface area contributed by atoms with Crippen LogP contribution < -0.4 is 11.1 Å². The number of nitrogens with two attached hydrogens (primary N) is 1. The molecule has 2 amide bonds. The molecule has 0 aliphatic carbocycles. The van der Waals surface area contributed by atoms with E-state index in [1.165, 1.54) is 11.3 Å². The van der Waals surface area contributed by atoms with E-state index in [4.69, 9.17) is 5.73 Å². The maximum atomic E-state index is 12.5. The zero-order chi connectivity index (χ0) is 18.7. The Bertz CT molecular complexity index is 967. The van der Waals surface area contributed by atoms with Crippen molar-refractivity contribution in [3.63, 3.8) is 0 Å². The minimum absolute atomic E-state index is 0.277. The first-order valence-electron chi connectivity index (χ1n) is 7.98. The molecule has 0 atom stereocenters. The molecule has 0 saturated heterocycles. The number of amides is 2. The van der Waals surface area contributed by atoms with E-state index >= 15 is 0 Å². The van der Waals surface area contributed by atoms with Crippen LogP contribution in [0.15, 0.2) is 59.1 Å². The Hall–Kier alpha value is -2.44. The van der Waals surface area contributed by atoms with Crippen LogP contribution >= 0.6 is 27.3 Å². The summed E-state index contributed by atoms with van der Waals surface area (Å²) in [6.07, 6.45) is 0.685. The van der Waals surface area contributed by atoms with Crippen molar-refractivity contribution in [1.82, 2.24) is 0 Å². The molecule has 132 valence electrons. The molecule has 1 aromatic heterocycles. The first-order chi connectivity index (χ1) is 12.5. The highest BCUT2D eigenvalue weighted by Gasteiger charge is 2.21. The van der Waals surface area contributed by atoms with Gasteiger partial charge in [-0.2, -0.15) is 0 Å². The van der Waals surface area contributed by atoms with Crippen molar-refractivity contribution in [1.29, 1.82) is 0 Å². The molecule has 6 heteroatoms. The quantitative estimate of drug-likeness (QED) is 0.614. The number of thiophene rings is 1. The maximum absolute atomic E-state index is 12.5. The molecule has 0 spiro atoms. The highest BCUT2D eigenvalue weighted by molar-refractivity contribution is 9.10. The van der Waals surface area contributed by atoms with E-state index in [1.807, 2.05) is 43.3 Å². The van der Waals surface area contributed by atoms with Crippen molar-refractivity contribution < 1.29 is 9.59 Å². The standard InChI is InChI=1S/C20H17BrN2O2S/c1-12-16(10-13-6-3-2-4-7-13)26-20(17(12)18(22)24)23-19(25)14-8-5-9-15(21)11-14/h2-9,11H,10H2,1H3,(H2,22,24)(H,23,25). The Kier molecular flexibility index (Phi) is 5.54. The van der Waals surface area contributed by atoms with Crippen molar-refractivity contribution in [3.05, 3.63) is 86.2 Å². The minimum atomic E-state index is -0.539. The molecule has 0 fully saturated rings. The first kappa shape index (κ1) is 18.4. The normalized spacial score (nSPS) is 10.5. The van der Waals surface area contributed by atoms with Gasteiger partial charge in [0.2, 0.25) is 0 Å². The van der Waals surface area contributed by atoms with Gasteiger partial charge in [-0.05, 0) is 36.2 Å². The first-order valence-corrected chi connectivity index (χ1v) is 9.59. The van der Waals surface area contributed by atoms with Crippen LogP contribution in [0.4, 0.5) is 5.00 Å². The van der Waals surface area contributed by atoms with E-state index in [2.05, 4.69) is 21.2 Å². The van der Waals surface area contributed by atoms with Crippen LogP contribution in [0.1, 0.15) is 36.7 Å². The lowest BCUT2D eigenvalue weighted by atomic mass is 10.1. The predicted octanol–water partition coefficient (Wildman–Crippen LogP) is 4.76. The van der Waals surface area contributed by atoms with E-state index in [0.29, 0.717) is 22.5 Å². The lowest BCUT2D eigenvalue weighted by Gasteiger charge is -2.05. The summed E-state index contributed by atoms with van der Waals surface area (Å²) in [4.78, 5) is 25.5. The Morgan fingerprint density at radius 1 is 1.12 bits per heavy atom. The summed E-state index contributed by atoms with van der Waals surface area (Å²) >= 11 is 4.75. The van der Waals surface area contributed by atoms with Gasteiger partial charge in [-0.15, -0.1) is 11.3 Å². The molecule has 3 aromatic rings. The fourth-order valence-corrected chi connectivity index (χ4v) is 4.34. The lowest BCUT2D eigenvalue weighted by Crippen LogP contribution is -2.17. The van der Waals surface area contributed by atoms with Gasteiger partial charge in [-0.25, -0.2) is 0 Å². The van der Waals surface area contributed by atoms with Crippen LogP contribution in [0, 0.1) is 6.92 Å². The summed E-state index contributed by atoms with van der Waals surface area (Å²) in [6, 6.07) is 17.1. The Morgan fingerprint density at radius 2 is 1.85 bits per heavy atom. The second-order valence-corrected chi connectivity index (χ2v) is 7.87.